The molecule has 5 nitrogen and oxygen atoms in total. The van der Waals surface area contributed by atoms with E-state index in [0.717, 1.165) is 11.3 Å². The maximum Gasteiger partial charge on any atom is 0.251 e. The maximum atomic E-state index is 12.0. The number of carbonyl (C=O) groups is 1. The molecular weight excluding hydrogens is 355 g/mol. The molecule has 2 rings (SSSR count). The van der Waals surface area contributed by atoms with Gasteiger partial charge in [-0.05, 0) is 30.3 Å². The quantitative estimate of drug-likeness (QED) is 0.873. The van der Waals surface area contributed by atoms with Gasteiger partial charge in [0.1, 0.15) is 4.21 Å². The molecule has 1 aromatic heterocycles. The number of benzene rings is 1. The highest BCUT2D eigenvalue weighted by atomic mass is 35.5. The molecular formula is C12H10Cl2N2O3S2. The summed E-state index contributed by atoms with van der Waals surface area (Å²) in [6.07, 6.45) is 0. The SMILES string of the molecule is NS(=O)(=O)c1ccc(CNC(=O)c2cc(Cl)cc(Cl)c2)s1. The number of halogens is 2. The van der Waals surface area contributed by atoms with Crippen LogP contribution in [0.15, 0.2) is 34.5 Å². The summed E-state index contributed by atoms with van der Waals surface area (Å²) in [4.78, 5) is 12.6. The Morgan fingerprint density at radius 2 is 1.81 bits per heavy atom. The first-order valence-corrected chi connectivity index (χ1v) is 8.73. The molecule has 21 heavy (non-hydrogen) atoms. The summed E-state index contributed by atoms with van der Waals surface area (Å²) in [5.74, 6) is -0.357. The van der Waals surface area contributed by atoms with Crippen LogP contribution in [-0.2, 0) is 16.6 Å². The van der Waals surface area contributed by atoms with Crippen molar-refractivity contribution in [1.82, 2.24) is 5.32 Å². The minimum absolute atomic E-state index is 0.0533. The molecule has 1 amide bonds. The van der Waals surface area contributed by atoms with Gasteiger partial charge in [0, 0.05) is 20.5 Å². The molecule has 3 N–H and O–H groups in total. The van der Waals surface area contributed by atoms with E-state index in [4.69, 9.17) is 28.3 Å². The van der Waals surface area contributed by atoms with Crippen LogP contribution in [0.4, 0.5) is 0 Å². The first-order chi connectivity index (χ1) is 9.75. The van der Waals surface area contributed by atoms with Gasteiger partial charge in [-0.15, -0.1) is 11.3 Å². The van der Waals surface area contributed by atoms with Crippen molar-refractivity contribution in [2.24, 2.45) is 5.14 Å². The third kappa shape index (κ3) is 4.42. The van der Waals surface area contributed by atoms with E-state index >= 15 is 0 Å². The van der Waals surface area contributed by atoms with Gasteiger partial charge in [-0.3, -0.25) is 4.79 Å². The zero-order chi connectivity index (χ0) is 15.6. The first kappa shape index (κ1) is 16.3. The number of hydrogen-bond acceptors (Lipinski definition) is 4. The highest BCUT2D eigenvalue weighted by Crippen LogP contribution is 2.21. The number of sulfonamides is 1. The first-order valence-electron chi connectivity index (χ1n) is 5.61. The summed E-state index contributed by atoms with van der Waals surface area (Å²) in [6.45, 7) is 0.184. The number of nitrogens with two attached hydrogens (primary N) is 1. The van der Waals surface area contributed by atoms with Crippen LogP contribution in [0.5, 0.6) is 0 Å². The monoisotopic (exact) mass is 364 g/mol. The van der Waals surface area contributed by atoms with E-state index in [-0.39, 0.29) is 16.7 Å². The van der Waals surface area contributed by atoms with E-state index in [1.807, 2.05) is 0 Å². The number of thiophene rings is 1. The number of amides is 1. The Hall–Kier alpha value is -1.12. The summed E-state index contributed by atoms with van der Waals surface area (Å²) in [5, 5.41) is 8.39. The Bertz CT molecular complexity index is 767. The third-order valence-corrected chi connectivity index (χ3v) is 5.43. The molecule has 0 aliphatic heterocycles. The normalized spacial score (nSPS) is 11.4. The fraction of sp³-hybridized carbons (Fsp3) is 0.0833. The molecule has 0 saturated carbocycles. The van der Waals surface area contributed by atoms with Crippen molar-refractivity contribution in [3.05, 3.63) is 50.8 Å². The molecule has 9 heteroatoms. The van der Waals surface area contributed by atoms with Gasteiger partial charge in [0.05, 0.1) is 6.54 Å². The lowest BCUT2D eigenvalue weighted by atomic mass is 10.2. The van der Waals surface area contributed by atoms with Gasteiger partial charge < -0.3 is 5.32 Å². The Labute approximate surface area is 135 Å². The molecule has 0 radical (unpaired) electrons. The van der Waals surface area contributed by atoms with Crippen LogP contribution < -0.4 is 10.5 Å². The number of rotatable bonds is 4. The Balaban J connectivity index is 2.06. The van der Waals surface area contributed by atoms with Crippen LogP contribution in [0.2, 0.25) is 10.0 Å². The average Bonchev–Trinajstić information content (AvgIpc) is 2.83. The summed E-state index contributed by atoms with van der Waals surface area (Å²) >= 11 is 12.6. The second-order valence-electron chi connectivity index (χ2n) is 4.11. The van der Waals surface area contributed by atoms with Crippen molar-refractivity contribution in [2.75, 3.05) is 0 Å². The lowest BCUT2D eigenvalue weighted by molar-refractivity contribution is 0.0951. The van der Waals surface area contributed by atoms with E-state index in [0.29, 0.717) is 20.5 Å². The molecule has 0 aliphatic rings. The highest BCUT2D eigenvalue weighted by Gasteiger charge is 2.12. The largest absolute Gasteiger partial charge is 0.347 e. The lowest BCUT2D eigenvalue weighted by Gasteiger charge is -2.04. The standard InChI is InChI=1S/C12H10Cl2N2O3S2/c13-8-3-7(4-9(14)5-8)12(17)16-6-10-1-2-11(20-10)21(15,18)19/h1-5H,6H2,(H,16,17)(H2,15,18,19). The van der Waals surface area contributed by atoms with Crippen LogP contribution in [0.25, 0.3) is 0 Å². The molecule has 1 aromatic carbocycles. The average molecular weight is 365 g/mol. The summed E-state index contributed by atoms with van der Waals surface area (Å²) < 4.78 is 22.4. The van der Waals surface area contributed by atoms with Gasteiger partial charge in [0.15, 0.2) is 0 Å². The zero-order valence-electron chi connectivity index (χ0n) is 10.5. The van der Waals surface area contributed by atoms with E-state index in [1.165, 1.54) is 24.3 Å². The predicted molar refractivity (Wildman–Crippen MR) is 83.3 cm³/mol. The van der Waals surface area contributed by atoms with E-state index in [1.54, 1.807) is 6.07 Å². The molecule has 112 valence electrons. The van der Waals surface area contributed by atoms with Gasteiger partial charge >= 0.3 is 0 Å². The fourth-order valence-corrected chi connectivity index (χ4v) is 3.80. The van der Waals surface area contributed by atoms with Gasteiger partial charge in [0.25, 0.3) is 5.91 Å². The van der Waals surface area contributed by atoms with Gasteiger partial charge in [-0.1, -0.05) is 23.2 Å². The predicted octanol–water partition coefficient (Wildman–Crippen LogP) is 2.63. The van der Waals surface area contributed by atoms with Crippen LogP contribution in [0.1, 0.15) is 15.2 Å². The van der Waals surface area contributed by atoms with Crippen molar-refractivity contribution in [3.63, 3.8) is 0 Å². The fourth-order valence-electron chi connectivity index (χ4n) is 1.56. The summed E-state index contributed by atoms with van der Waals surface area (Å²) in [7, 11) is -3.71. The summed E-state index contributed by atoms with van der Waals surface area (Å²) in [5.41, 5.74) is 0.329. The van der Waals surface area contributed by atoms with Gasteiger partial charge in [-0.2, -0.15) is 0 Å². The van der Waals surface area contributed by atoms with E-state index < -0.39 is 10.0 Å². The number of carbonyl (C=O) groups excluding carboxylic acids is 1. The minimum atomic E-state index is -3.71. The smallest absolute Gasteiger partial charge is 0.251 e. The third-order valence-electron chi connectivity index (χ3n) is 2.47. The van der Waals surface area contributed by atoms with Crippen LogP contribution >= 0.6 is 34.5 Å². The molecule has 1 heterocycles. The molecule has 0 atom stereocenters. The van der Waals surface area contributed by atoms with Crippen LogP contribution in [0, 0.1) is 0 Å². The molecule has 0 fully saturated rings. The van der Waals surface area contributed by atoms with Crippen molar-refractivity contribution in [1.29, 1.82) is 0 Å². The van der Waals surface area contributed by atoms with E-state index in [2.05, 4.69) is 5.32 Å². The Morgan fingerprint density at radius 1 is 1.19 bits per heavy atom. The van der Waals surface area contributed by atoms with Gasteiger partial charge in [0.2, 0.25) is 10.0 Å². The van der Waals surface area contributed by atoms with E-state index in [9.17, 15) is 13.2 Å². The molecule has 0 spiro atoms. The van der Waals surface area contributed by atoms with Crippen LogP contribution in [0.3, 0.4) is 0 Å². The van der Waals surface area contributed by atoms with Gasteiger partial charge in [-0.25, -0.2) is 13.6 Å². The van der Waals surface area contributed by atoms with Crippen LogP contribution in [-0.4, -0.2) is 14.3 Å². The molecule has 0 saturated heterocycles. The maximum absolute atomic E-state index is 12.0. The second-order valence-corrected chi connectivity index (χ2v) is 7.94. The molecule has 2 aromatic rings. The number of primary sulfonamides is 1. The highest BCUT2D eigenvalue weighted by molar-refractivity contribution is 7.91. The molecule has 0 bridgehead atoms. The molecule has 0 aliphatic carbocycles. The zero-order valence-corrected chi connectivity index (χ0v) is 13.6. The number of nitrogens with one attached hydrogen (secondary N) is 1. The van der Waals surface area contributed by atoms with Crippen molar-refractivity contribution in [2.45, 2.75) is 10.8 Å². The second kappa shape index (κ2) is 6.33. The Kier molecular flexibility index (Phi) is 4.90. The lowest BCUT2D eigenvalue weighted by Crippen LogP contribution is -2.22. The number of hydrogen-bond donors (Lipinski definition) is 2. The van der Waals surface area contributed by atoms with Crippen molar-refractivity contribution >= 4 is 50.5 Å². The molecule has 0 unspecified atom stereocenters. The van der Waals surface area contributed by atoms with Crippen molar-refractivity contribution < 1.29 is 13.2 Å². The minimum Gasteiger partial charge on any atom is -0.347 e. The summed E-state index contributed by atoms with van der Waals surface area (Å²) in [6, 6.07) is 7.50. The van der Waals surface area contributed by atoms with Crippen molar-refractivity contribution in [3.8, 4) is 0 Å². The topological polar surface area (TPSA) is 89.3 Å². The Morgan fingerprint density at radius 3 is 2.33 bits per heavy atom.